The first-order valence-corrected chi connectivity index (χ1v) is 5.89. The average molecular weight is 215 g/mol. The number of amides is 1. The molecule has 0 unspecified atom stereocenters. The first-order chi connectivity index (χ1) is 7.20. The topological polar surface area (TPSA) is 35.6 Å². The Hall–Kier alpha value is -0.610. The average Bonchev–Trinajstić information content (AvgIpc) is 2.62. The maximum absolute atomic E-state index is 11.2. The van der Waals surface area contributed by atoms with E-state index in [1.165, 1.54) is 0 Å². The molecule has 1 saturated heterocycles. The molecular weight excluding hydrogens is 190 g/mol. The standard InChI is InChI=1S/C9H19N3O.C2H6/c1-11(2)10-6-4-8-12-7-3-5-9(12)13;1-2/h10H,3-8H2,1-2H3;1-2H3. The van der Waals surface area contributed by atoms with E-state index < -0.39 is 0 Å². The fraction of sp³-hybridized carbons (Fsp3) is 0.909. The van der Waals surface area contributed by atoms with Gasteiger partial charge in [-0.05, 0) is 12.8 Å². The van der Waals surface area contributed by atoms with E-state index in [0.29, 0.717) is 5.91 Å². The maximum Gasteiger partial charge on any atom is 0.222 e. The van der Waals surface area contributed by atoms with E-state index in [-0.39, 0.29) is 0 Å². The van der Waals surface area contributed by atoms with Crippen LogP contribution in [0.25, 0.3) is 0 Å². The van der Waals surface area contributed by atoms with Crippen LogP contribution in [0.15, 0.2) is 0 Å². The van der Waals surface area contributed by atoms with Crippen LogP contribution in [0.3, 0.4) is 0 Å². The van der Waals surface area contributed by atoms with Gasteiger partial charge >= 0.3 is 0 Å². The summed E-state index contributed by atoms with van der Waals surface area (Å²) in [7, 11) is 3.95. The lowest BCUT2D eigenvalue weighted by Crippen LogP contribution is -2.34. The fourth-order valence-corrected chi connectivity index (χ4v) is 1.51. The van der Waals surface area contributed by atoms with Gasteiger partial charge in [0.1, 0.15) is 0 Å². The third-order valence-electron chi connectivity index (χ3n) is 2.20. The van der Waals surface area contributed by atoms with Crippen molar-refractivity contribution in [1.29, 1.82) is 0 Å². The second kappa shape index (κ2) is 8.68. The molecule has 0 bridgehead atoms. The van der Waals surface area contributed by atoms with Crippen LogP contribution >= 0.6 is 0 Å². The predicted octanol–water partition coefficient (Wildman–Crippen LogP) is 1.09. The normalized spacial score (nSPS) is 15.5. The summed E-state index contributed by atoms with van der Waals surface area (Å²) in [5.74, 6) is 0.324. The molecule has 4 heteroatoms. The Bertz CT molecular complexity index is 171. The minimum atomic E-state index is 0.324. The van der Waals surface area contributed by atoms with Gasteiger partial charge < -0.3 is 4.90 Å². The minimum Gasteiger partial charge on any atom is -0.343 e. The highest BCUT2D eigenvalue weighted by Crippen LogP contribution is 2.09. The van der Waals surface area contributed by atoms with Crippen LogP contribution in [-0.2, 0) is 4.79 Å². The Labute approximate surface area is 93.6 Å². The van der Waals surface area contributed by atoms with Crippen molar-refractivity contribution in [3.05, 3.63) is 0 Å². The first-order valence-electron chi connectivity index (χ1n) is 5.89. The molecule has 1 aliphatic rings. The zero-order chi connectivity index (χ0) is 11.7. The van der Waals surface area contributed by atoms with Crippen molar-refractivity contribution in [3.8, 4) is 0 Å². The third-order valence-corrected chi connectivity index (χ3v) is 2.20. The summed E-state index contributed by atoms with van der Waals surface area (Å²) >= 11 is 0. The van der Waals surface area contributed by atoms with Gasteiger partial charge in [-0.2, -0.15) is 0 Å². The number of hydrogen-bond donors (Lipinski definition) is 1. The van der Waals surface area contributed by atoms with E-state index in [1.807, 2.05) is 37.9 Å². The monoisotopic (exact) mass is 215 g/mol. The Balaban J connectivity index is 0.000000921. The molecule has 0 atom stereocenters. The molecule has 0 aromatic carbocycles. The van der Waals surface area contributed by atoms with Crippen molar-refractivity contribution in [1.82, 2.24) is 15.3 Å². The Morgan fingerprint density at radius 3 is 2.53 bits per heavy atom. The van der Waals surface area contributed by atoms with Crippen LogP contribution in [0, 0.1) is 0 Å². The quantitative estimate of drug-likeness (QED) is 0.551. The summed E-state index contributed by atoms with van der Waals surface area (Å²) in [6.45, 7) is 6.80. The fourth-order valence-electron chi connectivity index (χ4n) is 1.51. The van der Waals surface area contributed by atoms with Gasteiger partial charge in [0.2, 0.25) is 5.91 Å². The van der Waals surface area contributed by atoms with Crippen LogP contribution < -0.4 is 5.43 Å². The van der Waals surface area contributed by atoms with E-state index in [9.17, 15) is 4.79 Å². The summed E-state index contributed by atoms with van der Waals surface area (Å²) in [4.78, 5) is 13.2. The van der Waals surface area contributed by atoms with Crippen LogP contribution in [0.4, 0.5) is 0 Å². The zero-order valence-corrected chi connectivity index (χ0v) is 10.5. The lowest BCUT2D eigenvalue weighted by Gasteiger charge is -2.16. The van der Waals surface area contributed by atoms with Crippen LogP contribution in [-0.4, -0.2) is 49.5 Å². The van der Waals surface area contributed by atoms with Gasteiger partial charge in [-0.25, -0.2) is 0 Å². The Morgan fingerprint density at radius 1 is 1.40 bits per heavy atom. The van der Waals surface area contributed by atoms with Gasteiger partial charge in [0.25, 0.3) is 0 Å². The molecular formula is C11H25N3O. The molecule has 0 aromatic heterocycles. The number of hydrazine groups is 1. The van der Waals surface area contributed by atoms with Gasteiger partial charge in [0, 0.05) is 40.2 Å². The maximum atomic E-state index is 11.2. The molecule has 4 nitrogen and oxygen atoms in total. The summed E-state index contributed by atoms with van der Waals surface area (Å²) in [6, 6.07) is 0. The van der Waals surface area contributed by atoms with E-state index >= 15 is 0 Å². The number of hydrogen-bond acceptors (Lipinski definition) is 3. The molecule has 1 heterocycles. The molecule has 1 rings (SSSR count). The van der Waals surface area contributed by atoms with Gasteiger partial charge in [-0.1, -0.05) is 13.8 Å². The number of carbonyl (C=O) groups is 1. The highest BCUT2D eigenvalue weighted by molar-refractivity contribution is 5.77. The molecule has 1 fully saturated rings. The smallest absolute Gasteiger partial charge is 0.222 e. The van der Waals surface area contributed by atoms with Crippen LogP contribution in [0.1, 0.15) is 33.1 Å². The van der Waals surface area contributed by atoms with E-state index in [1.54, 1.807) is 0 Å². The number of nitrogens with one attached hydrogen (secondary N) is 1. The highest BCUT2D eigenvalue weighted by Gasteiger charge is 2.18. The summed E-state index contributed by atoms with van der Waals surface area (Å²) < 4.78 is 0. The van der Waals surface area contributed by atoms with Crippen molar-refractivity contribution in [2.24, 2.45) is 0 Å². The first kappa shape index (κ1) is 14.4. The lowest BCUT2D eigenvalue weighted by atomic mass is 10.4. The highest BCUT2D eigenvalue weighted by atomic mass is 16.2. The molecule has 0 saturated carbocycles. The Morgan fingerprint density at radius 2 is 2.07 bits per heavy atom. The number of nitrogens with zero attached hydrogens (tertiary/aromatic N) is 2. The zero-order valence-electron chi connectivity index (χ0n) is 10.5. The van der Waals surface area contributed by atoms with Gasteiger partial charge in [0.05, 0.1) is 0 Å². The largest absolute Gasteiger partial charge is 0.343 e. The SMILES string of the molecule is CC.CN(C)NCCCN1CCCC1=O. The molecule has 1 aliphatic heterocycles. The van der Waals surface area contributed by atoms with E-state index in [4.69, 9.17) is 0 Å². The van der Waals surface area contributed by atoms with Crippen molar-refractivity contribution in [3.63, 3.8) is 0 Å². The van der Waals surface area contributed by atoms with Gasteiger partial charge in [-0.15, -0.1) is 0 Å². The molecule has 0 spiro atoms. The van der Waals surface area contributed by atoms with Gasteiger partial charge in [0.15, 0.2) is 0 Å². The van der Waals surface area contributed by atoms with Crippen molar-refractivity contribution in [2.75, 3.05) is 33.7 Å². The van der Waals surface area contributed by atoms with Crippen LogP contribution in [0.2, 0.25) is 0 Å². The molecule has 1 N–H and O–H groups in total. The van der Waals surface area contributed by atoms with Crippen molar-refractivity contribution in [2.45, 2.75) is 33.1 Å². The van der Waals surface area contributed by atoms with Crippen LogP contribution in [0.5, 0.6) is 0 Å². The van der Waals surface area contributed by atoms with Crippen molar-refractivity contribution >= 4 is 5.91 Å². The summed E-state index contributed by atoms with van der Waals surface area (Å²) in [5, 5.41) is 1.94. The Kier molecular flexibility index (Phi) is 8.33. The molecule has 0 radical (unpaired) electrons. The lowest BCUT2D eigenvalue weighted by molar-refractivity contribution is -0.127. The molecule has 15 heavy (non-hydrogen) atoms. The molecule has 0 aliphatic carbocycles. The molecule has 0 aromatic rings. The summed E-state index contributed by atoms with van der Waals surface area (Å²) in [5.41, 5.74) is 3.18. The molecule has 1 amide bonds. The van der Waals surface area contributed by atoms with Gasteiger partial charge in [-0.3, -0.25) is 15.2 Å². The van der Waals surface area contributed by atoms with E-state index in [0.717, 1.165) is 38.9 Å². The third kappa shape index (κ3) is 6.47. The molecule has 90 valence electrons. The minimum absolute atomic E-state index is 0.324. The number of likely N-dealkylation sites (tertiary alicyclic amines) is 1. The predicted molar refractivity (Wildman–Crippen MR) is 63.5 cm³/mol. The second-order valence-corrected chi connectivity index (χ2v) is 3.64. The van der Waals surface area contributed by atoms with Crippen molar-refractivity contribution < 1.29 is 4.79 Å². The van der Waals surface area contributed by atoms with E-state index in [2.05, 4.69) is 5.43 Å². The summed E-state index contributed by atoms with van der Waals surface area (Å²) in [6.07, 6.45) is 2.82. The second-order valence-electron chi connectivity index (χ2n) is 3.64. The number of rotatable bonds is 5. The number of carbonyl (C=O) groups excluding carboxylic acids is 1.